The van der Waals surface area contributed by atoms with Crippen molar-refractivity contribution in [3.63, 3.8) is 0 Å². The lowest BCUT2D eigenvalue weighted by atomic mass is 9.72. The highest BCUT2D eigenvalue weighted by Gasteiger charge is 2.28. The summed E-state index contributed by atoms with van der Waals surface area (Å²) in [6, 6.07) is 14.1. The largest absolute Gasteiger partial charge is 0.481 e. The molecule has 0 heterocycles. The van der Waals surface area contributed by atoms with Gasteiger partial charge in [-0.05, 0) is 85.4 Å². The van der Waals surface area contributed by atoms with Gasteiger partial charge in [-0.2, -0.15) is 5.10 Å². The summed E-state index contributed by atoms with van der Waals surface area (Å²) >= 11 is 7.20. The van der Waals surface area contributed by atoms with Gasteiger partial charge in [-0.15, -0.1) is 0 Å². The van der Waals surface area contributed by atoms with Crippen LogP contribution < -0.4 is 10.2 Å². The van der Waals surface area contributed by atoms with Crippen molar-refractivity contribution < 1.29 is 9.53 Å². The number of nitrogens with one attached hydrogen (secondary N) is 1. The molecule has 0 unspecified atom stereocenters. The predicted octanol–water partition coefficient (Wildman–Crippen LogP) is 7.51. The Labute approximate surface area is 208 Å². The number of rotatable bonds is 8. The zero-order valence-corrected chi connectivity index (χ0v) is 22.8. The first-order valence-corrected chi connectivity index (χ1v) is 12.1. The third-order valence-corrected chi connectivity index (χ3v) is 5.95. The second-order valence-electron chi connectivity index (χ2n) is 9.71. The topological polar surface area (TPSA) is 50.7 Å². The third kappa shape index (κ3) is 8.55. The molecule has 0 spiro atoms. The number of hydrazone groups is 1. The van der Waals surface area contributed by atoms with Gasteiger partial charge >= 0.3 is 0 Å². The van der Waals surface area contributed by atoms with Crippen molar-refractivity contribution in [2.45, 2.75) is 53.4 Å². The number of carbonyl (C=O) groups is 1. The Hall–Kier alpha value is -1.92. The Kier molecular flexibility index (Phi) is 9.28. The maximum Gasteiger partial charge on any atom is 0.277 e. The number of benzene rings is 2. The molecular weight excluding hydrogens is 532 g/mol. The Balaban J connectivity index is 1.98. The molecule has 4 nitrogen and oxygen atoms in total. The van der Waals surface area contributed by atoms with E-state index in [4.69, 9.17) is 4.74 Å². The van der Waals surface area contributed by atoms with Crippen molar-refractivity contribution in [3.05, 3.63) is 68.6 Å². The number of ether oxygens (including phenoxy) is 1. The predicted molar refractivity (Wildman–Crippen MR) is 141 cm³/mol. The van der Waals surface area contributed by atoms with E-state index >= 15 is 0 Å². The average molecular weight is 564 g/mol. The molecule has 0 aromatic heterocycles. The standard InChI is InChI=1S/C26H32Br2N2O2/c1-18(12-13-19-10-8-7-9-11-19)29-30-23(31)16-32-24-21(27)14-20(15-22(24)28)26(5,6)17-25(2,3)4/h7-15H,16-17H2,1-6H3,(H,30,31). The number of hydrogen-bond acceptors (Lipinski definition) is 3. The Morgan fingerprint density at radius 1 is 1.06 bits per heavy atom. The normalized spacial score (nSPS) is 12.8. The van der Waals surface area contributed by atoms with E-state index in [1.165, 1.54) is 5.56 Å². The summed E-state index contributed by atoms with van der Waals surface area (Å²) in [5, 5.41) is 4.10. The summed E-state index contributed by atoms with van der Waals surface area (Å²) in [6.07, 6.45) is 4.83. The Morgan fingerprint density at radius 2 is 1.66 bits per heavy atom. The molecule has 0 aliphatic carbocycles. The van der Waals surface area contributed by atoms with Crippen LogP contribution in [0.15, 0.2) is 62.6 Å². The zero-order valence-electron chi connectivity index (χ0n) is 19.6. The molecule has 0 radical (unpaired) electrons. The summed E-state index contributed by atoms with van der Waals surface area (Å²) < 4.78 is 7.38. The van der Waals surface area contributed by atoms with Crippen LogP contribution in [0, 0.1) is 5.41 Å². The van der Waals surface area contributed by atoms with Gasteiger partial charge in [0.1, 0.15) is 5.75 Å². The molecule has 6 heteroatoms. The molecule has 2 rings (SSSR count). The molecule has 0 atom stereocenters. The smallest absolute Gasteiger partial charge is 0.277 e. The molecular formula is C26H32Br2N2O2. The molecule has 0 aliphatic rings. The van der Waals surface area contributed by atoms with Gasteiger partial charge < -0.3 is 4.74 Å². The molecule has 0 bridgehead atoms. The van der Waals surface area contributed by atoms with E-state index in [9.17, 15) is 4.79 Å². The monoisotopic (exact) mass is 562 g/mol. The van der Waals surface area contributed by atoms with Crippen molar-refractivity contribution in [3.8, 4) is 5.75 Å². The summed E-state index contributed by atoms with van der Waals surface area (Å²) in [6.45, 7) is 12.9. The first-order valence-electron chi connectivity index (χ1n) is 10.6. The van der Waals surface area contributed by atoms with Gasteiger partial charge in [0.05, 0.1) is 14.7 Å². The molecule has 0 aliphatic heterocycles. The van der Waals surface area contributed by atoms with Crippen LogP contribution >= 0.6 is 31.9 Å². The van der Waals surface area contributed by atoms with Crippen LogP contribution in [0.25, 0.3) is 6.08 Å². The van der Waals surface area contributed by atoms with Gasteiger partial charge in [-0.3, -0.25) is 4.79 Å². The minimum absolute atomic E-state index is 0.00129. The maximum atomic E-state index is 12.2. The van der Waals surface area contributed by atoms with Crippen LogP contribution in [0.4, 0.5) is 0 Å². The van der Waals surface area contributed by atoms with Gasteiger partial charge in [-0.1, -0.05) is 71.0 Å². The van der Waals surface area contributed by atoms with Crippen LogP contribution in [0.3, 0.4) is 0 Å². The average Bonchev–Trinajstić information content (AvgIpc) is 2.69. The van der Waals surface area contributed by atoms with Crippen molar-refractivity contribution >= 4 is 49.6 Å². The summed E-state index contributed by atoms with van der Waals surface area (Å²) in [4.78, 5) is 12.2. The summed E-state index contributed by atoms with van der Waals surface area (Å²) in [5.74, 6) is 0.272. The van der Waals surface area contributed by atoms with E-state index < -0.39 is 0 Å². The quantitative estimate of drug-likeness (QED) is 0.267. The van der Waals surface area contributed by atoms with E-state index in [0.29, 0.717) is 11.5 Å². The lowest BCUT2D eigenvalue weighted by molar-refractivity contribution is -0.123. The first kappa shape index (κ1) is 26.3. The van der Waals surface area contributed by atoms with E-state index in [2.05, 4.69) is 89.1 Å². The van der Waals surface area contributed by atoms with Crippen LogP contribution in [0.2, 0.25) is 0 Å². The minimum atomic E-state index is -0.326. The van der Waals surface area contributed by atoms with Crippen LogP contribution in [-0.4, -0.2) is 18.2 Å². The second-order valence-corrected chi connectivity index (χ2v) is 11.4. The highest BCUT2D eigenvalue weighted by molar-refractivity contribution is 9.11. The minimum Gasteiger partial charge on any atom is -0.481 e. The summed E-state index contributed by atoms with van der Waals surface area (Å²) in [7, 11) is 0. The van der Waals surface area contributed by atoms with Crippen LogP contribution in [0.1, 0.15) is 59.1 Å². The van der Waals surface area contributed by atoms with Crippen molar-refractivity contribution in [2.75, 3.05) is 6.61 Å². The molecule has 172 valence electrons. The highest BCUT2D eigenvalue weighted by Crippen LogP contribution is 2.42. The number of allylic oxidation sites excluding steroid dienone is 1. The van der Waals surface area contributed by atoms with Crippen molar-refractivity contribution in [1.29, 1.82) is 0 Å². The van der Waals surface area contributed by atoms with E-state index in [0.717, 1.165) is 20.9 Å². The Morgan fingerprint density at radius 3 is 2.22 bits per heavy atom. The lowest BCUT2D eigenvalue weighted by Gasteiger charge is -2.33. The van der Waals surface area contributed by atoms with Crippen LogP contribution in [-0.2, 0) is 10.2 Å². The summed E-state index contributed by atoms with van der Waals surface area (Å²) in [5.41, 5.74) is 5.71. The number of nitrogens with zero attached hydrogens (tertiary/aromatic N) is 1. The van der Waals surface area contributed by atoms with Crippen molar-refractivity contribution in [2.24, 2.45) is 10.5 Å². The van der Waals surface area contributed by atoms with E-state index in [1.54, 1.807) is 0 Å². The number of halogens is 2. The molecule has 0 saturated carbocycles. The van der Waals surface area contributed by atoms with E-state index in [1.807, 2.05) is 49.4 Å². The van der Waals surface area contributed by atoms with E-state index in [-0.39, 0.29) is 23.3 Å². The molecule has 0 saturated heterocycles. The SMILES string of the molecule is CC(C=Cc1ccccc1)=NNC(=O)COc1c(Br)cc(C(C)(C)CC(C)(C)C)cc1Br. The fraction of sp³-hybridized carbons (Fsp3) is 0.385. The van der Waals surface area contributed by atoms with Crippen LogP contribution in [0.5, 0.6) is 5.75 Å². The Bertz CT molecular complexity index is 968. The maximum absolute atomic E-state index is 12.2. The number of carbonyl (C=O) groups excluding carboxylic acids is 1. The zero-order chi connectivity index (χ0) is 23.9. The van der Waals surface area contributed by atoms with Gasteiger partial charge in [-0.25, -0.2) is 5.43 Å². The third-order valence-electron chi connectivity index (χ3n) is 4.77. The number of amides is 1. The van der Waals surface area contributed by atoms with Gasteiger partial charge in [0, 0.05) is 0 Å². The lowest BCUT2D eigenvalue weighted by Crippen LogP contribution is -2.26. The second kappa shape index (κ2) is 11.3. The highest BCUT2D eigenvalue weighted by atomic mass is 79.9. The fourth-order valence-corrected chi connectivity index (χ4v) is 5.07. The van der Waals surface area contributed by atoms with Gasteiger partial charge in [0.15, 0.2) is 6.61 Å². The van der Waals surface area contributed by atoms with Gasteiger partial charge in [0.25, 0.3) is 5.91 Å². The molecule has 1 N–H and O–H groups in total. The van der Waals surface area contributed by atoms with Gasteiger partial charge in [0.2, 0.25) is 0 Å². The number of hydrogen-bond donors (Lipinski definition) is 1. The first-order chi connectivity index (χ1) is 14.9. The fourth-order valence-electron chi connectivity index (χ4n) is 3.66. The molecule has 0 fully saturated rings. The van der Waals surface area contributed by atoms with Crippen molar-refractivity contribution in [1.82, 2.24) is 5.43 Å². The molecule has 1 amide bonds. The molecule has 2 aromatic rings. The molecule has 2 aromatic carbocycles. The molecule has 32 heavy (non-hydrogen) atoms.